The van der Waals surface area contributed by atoms with E-state index in [0.717, 1.165) is 30.2 Å². The summed E-state index contributed by atoms with van der Waals surface area (Å²) in [4.78, 5) is 10.9. The summed E-state index contributed by atoms with van der Waals surface area (Å²) in [6.45, 7) is 0. The Kier molecular flexibility index (Phi) is 4.94. The van der Waals surface area contributed by atoms with Gasteiger partial charge in [-0.1, -0.05) is 18.2 Å². The number of carbonyl (C=O) groups is 1. The van der Waals surface area contributed by atoms with Crippen molar-refractivity contribution in [1.82, 2.24) is 25.6 Å². The number of rotatable bonds is 8. The number of aromatic nitrogens is 4. The first-order valence-corrected chi connectivity index (χ1v) is 7.20. The second kappa shape index (κ2) is 6.69. The largest absolute Gasteiger partial charge is 0.294 e. The molecule has 0 saturated heterocycles. The average molecular weight is 270 g/mol. The number of amides is 1. The lowest BCUT2D eigenvalue weighted by atomic mass is 10.2. The number of tetrazole rings is 1. The van der Waals surface area contributed by atoms with Crippen LogP contribution in [0.4, 0.5) is 0 Å². The number of unbranched alkanes of at least 4 members (excludes halogenated alkanes) is 2. The average Bonchev–Trinajstić information content (AvgIpc) is 3.13. The number of nitrogens with two attached hydrogens (primary N) is 1. The van der Waals surface area contributed by atoms with E-state index in [1.54, 1.807) is 11.8 Å². The van der Waals surface area contributed by atoms with Crippen molar-refractivity contribution >= 4 is 17.7 Å². The molecule has 0 spiro atoms. The number of hydrazine groups is 1. The Bertz CT molecular complexity index is 391. The molecule has 1 aliphatic rings. The fourth-order valence-electron chi connectivity index (χ4n) is 1.63. The normalized spacial score (nSPS) is 14.7. The van der Waals surface area contributed by atoms with Gasteiger partial charge in [-0.2, -0.15) is 0 Å². The standard InChI is InChI=1S/C10H18N6OS/c11-12-9(17)4-2-1-3-7-18-10-13-14-15-16(10)8-5-6-8/h8H,1-7,11H2,(H,12,17). The Morgan fingerprint density at radius 1 is 1.44 bits per heavy atom. The van der Waals surface area contributed by atoms with Crippen LogP contribution < -0.4 is 11.3 Å². The van der Waals surface area contributed by atoms with Crippen LogP contribution in [0.5, 0.6) is 0 Å². The number of nitrogens with zero attached hydrogens (tertiary/aromatic N) is 4. The number of hydrogen-bond donors (Lipinski definition) is 2. The molecule has 1 heterocycles. The molecule has 0 radical (unpaired) electrons. The SMILES string of the molecule is NNC(=O)CCCCCSc1nnnn1C1CC1. The first-order chi connectivity index (χ1) is 8.81. The van der Waals surface area contributed by atoms with Crippen LogP contribution in [0.15, 0.2) is 5.16 Å². The zero-order chi connectivity index (χ0) is 12.8. The maximum absolute atomic E-state index is 10.9. The molecule has 2 rings (SSSR count). The number of hydrogen-bond acceptors (Lipinski definition) is 6. The summed E-state index contributed by atoms with van der Waals surface area (Å²) in [7, 11) is 0. The smallest absolute Gasteiger partial charge is 0.233 e. The second-order valence-corrected chi connectivity index (χ2v) is 5.43. The highest BCUT2D eigenvalue weighted by molar-refractivity contribution is 7.99. The minimum absolute atomic E-state index is 0.0969. The van der Waals surface area contributed by atoms with Gasteiger partial charge >= 0.3 is 0 Å². The first-order valence-electron chi connectivity index (χ1n) is 6.21. The molecule has 1 aromatic heterocycles. The summed E-state index contributed by atoms with van der Waals surface area (Å²) in [6, 6.07) is 0.524. The van der Waals surface area contributed by atoms with Gasteiger partial charge in [-0.3, -0.25) is 10.2 Å². The predicted octanol–water partition coefficient (Wildman–Crippen LogP) is 0.650. The highest BCUT2D eigenvalue weighted by Crippen LogP contribution is 2.36. The maximum atomic E-state index is 10.9. The zero-order valence-corrected chi connectivity index (χ0v) is 11.0. The van der Waals surface area contributed by atoms with E-state index < -0.39 is 0 Å². The second-order valence-electron chi connectivity index (χ2n) is 4.36. The van der Waals surface area contributed by atoms with E-state index in [9.17, 15) is 4.79 Å². The van der Waals surface area contributed by atoms with Crippen LogP contribution in [0.1, 0.15) is 44.6 Å². The molecule has 1 aromatic rings. The molecular formula is C10H18N6OS. The Balaban J connectivity index is 1.57. The minimum atomic E-state index is -0.0969. The Morgan fingerprint density at radius 3 is 3.00 bits per heavy atom. The number of thioether (sulfide) groups is 1. The lowest BCUT2D eigenvalue weighted by molar-refractivity contribution is -0.121. The summed E-state index contributed by atoms with van der Waals surface area (Å²) in [5.74, 6) is 5.89. The maximum Gasteiger partial charge on any atom is 0.233 e. The summed E-state index contributed by atoms with van der Waals surface area (Å²) in [6.07, 6.45) is 5.82. The monoisotopic (exact) mass is 270 g/mol. The van der Waals surface area contributed by atoms with Gasteiger partial charge < -0.3 is 0 Å². The highest BCUT2D eigenvalue weighted by Gasteiger charge is 2.27. The van der Waals surface area contributed by atoms with Crippen LogP contribution in [-0.2, 0) is 4.79 Å². The molecule has 0 bridgehead atoms. The van der Waals surface area contributed by atoms with Crippen LogP contribution >= 0.6 is 11.8 Å². The van der Waals surface area contributed by atoms with E-state index in [0.29, 0.717) is 12.5 Å². The summed E-state index contributed by atoms with van der Waals surface area (Å²) >= 11 is 1.69. The van der Waals surface area contributed by atoms with Gasteiger partial charge in [0.1, 0.15) is 0 Å². The van der Waals surface area contributed by atoms with E-state index >= 15 is 0 Å². The molecule has 18 heavy (non-hydrogen) atoms. The van der Waals surface area contributed by atoms with Gasteiger partial charge in [0.25, 0.3) is 0 Å². The Hall–Kier alpha value is -1.15. The molecule has 3 N–H and O–H groups in total. The van der Waals surface area contributed by atoms with Crippen LogP contribution in [-0.4, -0.2) is 31.9 Å². The molecule has 0 unspecified atom stereocenters. The molecule has 1 fully saturated rings. The van der Waals surface area contributed by atoms with Gasteiger partial charge in [0, 0.05) is 12.2 Å². The predicted molar refractivity (Wildman–Crippen MR) is 67.6 cm³/mol. The molecule has 7 nitrogen and oxygen atoms in total. The van der Waals surface area contributed by atoms with Gasteiger partial charge in [0.2, 0.25) is 11.1 Å². The van der Waals surface area contributed by atoms with Crippen molar-refractivity contribution in [2.75, 3.05) is 5.75 Å². The van der Waals surface area contributed by atoms with Gasteiger partial charge in [0.15, 0.2) is 0 Å². The third-order valence-electron chi connectivity index (χ3n) is 2.80. The van der Waals surface area contributed by atoms with E-state index in [-0.39, 0.29) is 5.91 Å². The molecule has 0 aliphatic heterocycles. The highest BCUT2D eigenvalue weighted by atomic mass is 32.2. The molecule has 0 atom stereocenters. The quantitative estimate of drug-likeness (QED) is 0.236. The Morgan fingerprint density at radius 2 is 2.28 bits per heavy atom. The minimum Gasteiger partial charge on any atom is -0.294 e. The summed E-state index contributed by atoms with van der Waals surface area (Å²) < 4.78 is 1.92. The van der Waals surface area contributed by atoms with E-state index in [1.807, 2.05) is 4.68 Å². The number of nitrogens with one attached hydrogen (secondary N) is 1. The lowest BCUT2D eigenvalue weighted by Gasteiger charge is -2.02. The third-order valence-corrected chi connectivity index (χ3v) is 3.82. The Labute approximate surface area is 110 Å². The van der Waals surface area contributed by atoms with Crippen molar-refractivity contribution in [3.05, 3.63) is 0 Å². The van der Waals surface area contributed by atoms with Crippen molar-refractivity contribution in [2.45, 2.75) is 49.7 Å². The van der Waals surface area contributed by atoms with E-state index in [2.05, 4.69) is 21.0 Å². The van der Waals surface area contributed by atoms with Crippen molar-refractivity contribution in [3.8, 4) is 0 Å². The molecular weight excluding hydrogens is 252 g/mol. The van der Waals surface area contributed by atoms with Gasteiger partial charge in [-0.25, -0.2) is 10.5 Å². The fourth-order valence-corrected chi connectivity index (χ4v) is 2.57. The van der Waals surface area contributed by atoms with E-state index in [4.69, 9.17) is 5.84 Å². The molecule has 1 aliphatic carbocycles. The van der Waals surface area contributed by atoms with Crippen molar-refractivity contribution < 1.29 is 4.79 Å². The molecule has 1 saturated carbocycles. The fraction of sp³-hybridized carbons (Fsp3) is 0.800. The van der Waals surface area contributed by atoms with Crippen LogP contribution in [0.25, 0.3) is 0 Å². The molecule has 0 aromatic carbocycles. The first kappa shape index (κ1) is 13.3. The molecule has 1 amide bonds. The van der Waals surface area contributed by atoms with Crippen molar-refractivity contribution in [2.24, 2.45) is 5.84 Å². The summed E-state index contributed by atoms with van der Waals surface area (Å²) in [5, 5.41) is 12.6. The van der Waals surface area contributed by atoms with Gasteiger partial charge in [-0.15, -0.1) is 5.10 Å². The van der Waals surface area contributed by atoms with Crippen LogP contribution in [0.3, 0.4) is 0 Å². The van der Waals surface area contributed by atoms with Gasteiger partial charge in [-0.05, 0) is 36.1 Å². The van der Waals surface area contributed by atoms with Crippen LogP contribution in [0.2, 0.25) is 0 Å². The van der Waals surface area contributed by atoms with Gasteiger partial charge in [0.05, 0.1) is 6.04 Å². The van der Waals surface area contributed by atoms with Crippen molar-refractivity contribution in [3.63, 3.8) is 0 Å². The zero-order valence-electron chi connectivity index (χ0n) is 10.2. The van der Waals surface area contributed by atoms with Crippen molar-refractivity contribution in [1.29, 1.82) is 0 Å². The molecule has 8 heteroatoms. The molecule has 100 valence electrons. The third kappa shape index (κ3) is 3.95. The van der Waals surface area contributed by atoms with E-state index in [1.165, 1.54) is 12.8 Å². The lowest BCUT2D eigenvalue weighted by Crippen LogP contribution is -2.29. The van der Waals surface area contributed by atoms with Crippen LogP contribution in [0, 0.1) is 0 Å². The summed E-state index contributed by atoms with van der Waals surface area (Å²) in [5.41, 5.74) is 2.13. The topological polar surface area (TPSA) is 98.7 Å². The number of carbonyl (C=O) groups excluding carboxylic acids is 1.